The summed E-state index contributed by atoms with van der Waals surface area (Å²) in [4.78, 5) is 0. The maximum absolute atomic E-state index is 6.04. The summed E-state index contributed by atoms with van der Waals surface area (Å²) >= 11 is 5.86. The van der Waals surface area contributed by atoms with E-state index in [1.807, 2.05) is 35.9 Å². The van der Waals surface area contributed by atoms with Crippen LogP contribution in [0.5, 0.6) is 0 Å². The Morgan fingerprint density at radius 2 is 2.00 bits per heavy atom. The molecule has 1 aromatic carbocycles. The van der Waals surface area contributed by atoms with Gasteiger partial charge in [0.2, 0.25) is 0 Å². The van der Waals surface area contributed by atoms with Gasteiger partial charge in [0.1, 0.15) is 0 Å². The fourth-order valence-electron chi connectivity index (χ4n) is 1.77. The topological polar surface area (TPSA) is 55.9 Å². The molecule has 5 heteroatoms. The first-order chi connectivity index (χ1) is 8.61. The summed E-state index contributed by atoms with van der Waals surface area (Å²) < 4.78 is 1.90. The van der Waals surface area contributed by atoms with Crippen molar-refractivity contribution in [3.63, 3.8) is 0 Å². The smallest absolute Gasteiger partial charge is 0.152 e. The fourth-order valence-corrected chi connectivity index (χ4v) is 1.90. The van der Waals surface area contributed by atoms with Crippen LogP contribution < -0.4 is 11.1 Å². The molecule has 18 heavy (non-hydrogen) atoms. The minimum absolute atomic E-state index is 0.693. The molecule has 0 aliphatic heterocycles. The molecule has 0 radical (unpaired) electrons. The second-order valence-corrected chi connectivity index (χ2v) is 4.64. The molecule has 0 bridgehead atoms. The van der Waals surface area contributed by atoms with E-state index in [2.05, 4.69) is 17.3 Å². The van der Waals surface area contributed by atoms with Gasteiger partial charge >= 0.3 is 0 Å². The van der Waals surface area contributed by atoms with Crippen LogP contribution in [-0.4, -0.2) is 9.78 Å². The number of nitrogens with zero attached hydrogens (tertiary/aromatic N) is 2. The second-order valence-electron chi connectivity index (χ2n) is 4.20. The van der Waals surface area contributed by atoms with Gasteiger partial charge in [-0.15, -0.1) is 0 Å². The number of rotatable bonds is 4. The van der Waals surface area contributed by atoms with E-state index >= 15 is 0 Å². The summed E-state index contributed by atoms with van der Waals surface area (Å²) in [6.45, 7) is 4.86. The summed E-state index contributed by atoms with van der Waals surface area (Å²) in [5.74, 6) is 0.844. The highest BCUT2D eigenvalue weighted by atomic mass is 35.5. The van der Waals surface area contributed by atoms with Gasteiger partial charge < -0.3 is 11.1 Å². The molecule has 3 N–H and O–H groups in total. The van der Waals surface area contributed by atoms with Crippen LogP contribution in [0.25, 0.3) is 0 Å². The Morgan fingerprint density at radius 3 is 2.61 bits per heavy atom. The van der Waals surface area contributed by atoms with Crippen molar-refractivity contribution >= 4 is 28.8 Å². The predicted octanol–water partition coefficient (Wildman–Crippen LogP) is 3.58. The molecule has 0 aliphatic rings. The van der Waals surface area contributed by atoms with Gasteiger partial charge in [0.15, 0.2) is 5.82 Å². The van der Waals surface area contributed by atoms with E-state index in [1.165, 1.54) is 0 Å². The third-order valence-electron chi connectivity index (χ3n) is 2.72. The minimum atomic E-state index is 0.693. The monoisotopic (exact) mass is 264 g/mol. The van der Waals surface area contributed by atoms with Gasteiger partial charge in [0, 0.05) is 17.3 Å². The highest BCUT2D eigenvalue weighted by molar-refractivity contribution is 6.30. The fraction of sp³-hybridized carbons (Fsp3) is 0.308. The van der Waals surface area contributed by atoms with Crippen molar-refractivity contribution in [2.45, 2.75) is 26.8 Å². The number of anilines is 3. The molecule has 96 valence electrons. The van der Waals surface area contributed by atoms with Crippen LogP contribution in [0.3, 0.4) is 0 Å². The van der Waals surface area contributed by atoms with E-state index in [1.54, 1.807) is 0 Å². The number of aromatic nitrogens is 2. The lowest BCUT2D eigenvalue weighted by Gasteiger charge is -2.10. The van der Waals surface area contributed by atoms with Crippen molar-refractivity contribution in [1.82, 2.24) is 9.78 Å². The van der Waals surface area contributed by atoms with Crippen LogP contribution in [0.1, 0.15) is 19.0 Å². The lowest BCUT2D eigenvalue weighted by Crippen LogP contribution is -2.05. The number of benzene rings is 1. The van der Waals surface area contributed by atoms with E-state index in [0.29, 0.717) is 10.7 Å². The Balaban J connectivity index is 2.30. The molecule has 0 amide bonds. The van der Waals surface area contributed by atoms with Gasteiger partial charge in [-0.3, -0.25) is 0 Å². The first kappa shape index (κ1) is 12.8. The number of nitrogens with two attached hydrogens (primary N) is 1. The van der Waals surface area contributed by atoms with Crippen LogP contribution in [0.15, 0.2) is 24.3 Å². The Kier molecular flexibility index (Phi) is 3.77. The maximum Gasteiger partial charge on any atom is 0.152 e. The summed E-state index contributed by atoms with van der Waals surface area (Å²) in [6, 6.07) is 7.52. The Morgan fingerprint density at radius 1 is 1.33 bits per heavy atom. The summed E-state index contributed by atoms with van der Waals surface area (Å²) in [7, 11) is 0. The molecule has 0 spiro atoms. The van der Waals surface area contributed by atoms with Crippen LogP contribution in [0.2, 0.25) is 5.02 Å². The average molecular weight is 265 g/mol. The quantitative estimate of drug-likeness (QED) is 0.887. The van der Waals surface area contributed by atoms with Gasteiger partial charge in [0.25, 0.3) is 0 Å². The van der Waals surface area contributed by atoms with Crippen LogP contribution >= 0.6 is 11.6 Å². The van der Waals surface area contributed by atoms with Crippen molar-refractivity contribution in [3.8, 4) is 0 Å². The lowest BCUT2D eigenvalue weighted by molar-refractivity contribution is 0.605. The van der Waals surface area contributed by atoms with E-state index in [0.717, 1.165) is 30.2 Å². The molecule has 4 nitrogen and oxygen atoms in total. The molecule has 0 saturated carbocycles. The molecule has 1 heterocycles. The minimum Gasteiger partial charge on any atom is -0.394 e. The van der Waals surface area contributed by atoms with Gasteiger partial charge in [-0.2, -0.15) is 5.10 Å². The van der Waals surface area contributed by atoms with Crippen molar-refractivity contribution in [1.29, 1.82) is 0 Å². The number of hydrogen-bond donors (Lipinski definition) is 2. The molecule has 0 fully saturated rings. The zero-order valence-electron chi connectivity index (χ0n) is 10.6. The van der Waals surface area contributed by atoms with Crippen LogP contribution in [-0.2, 0) is 6.54 Å². The molecular formula is C13H17ClN4. The summed E-state index contributed by atoms with van der Waals surface area (Å²) in [5, 5.41) is 8.42. The Labute approximate surface area is 112 Å². The Bertz CT molecular complexity index is 531. The zero-order chi connectivity index (χ0) is 13.1. The molecule has 0 saturated heterocycles. The third kappa shape index (κ3) is 2.59. The predicted molar refractivity (Wildman–Crippen MR) is 76.4 cm³/mol. The largest absolute Gasteiger partial charge is 0.394 e. The first-order valence-electron chi connectivity index (χ1n) is 5.97. The molecule has 2 aromatic rings. The van der Waals surface area contributed by atoms with Gasteiger partial charge in [0.05, 0.1) is 11.4 Å². The van der Waals surface area contributed by atoms with Crippen molar-refractivity contribution in [2.75, 3.05) is 11.1 Å². The van der Waals surface area contributed by atoms with Gasteiger partial charge in [-0.25, -0.2) is 4.68 Å². The third-order valence-corrected chi connectivity index (χ3v) is 2.97. The number of halogens is 1. The van der Waals surface area contributed by atoms with Crippen molar-refractivity contribution in [2.24, 2.45) is 0 Å². The maximum atomic E-state index is 6.04. The zero-order valence-corrected chi connectivity index (χ0v) is 11.3. The standard InChI is InChI=1S/C13H17ClN4/c1-3-8-18-13(12(15)9(2)17-18)16-11-6-4-10(14)5-7-11/h4-7,16H,3,8,15H2,1-2H3. The van der Waals surface area contributed by atoms with E-state index in [-0.39, 0.29) is 0 Å². The average Bonchev–Trinajstić information content (AvgIpc) is 2.60. The molecule has 0 aliphatic carbocycles. The SMILES string of the molecule is CCCn1nc(C)c(N)c1Nc1ccc(Cl)cc1. The normalized spacial score (nSPS) is 10.6. The number of nitrogen functional groups attached to an aromatic ring is 1. The molecular weight excluding hydrogens is 248 g/mol. The highest BCUT2D eigenvalue weighted by Gasteiger charge is 2.11. The van der Waals surface area contributed by atoms with Crippen molar-refractivity contribution in [3.05, 3.63) is 35.0 Å². The number of nitrogens with one attached hydrogen (secondary N) is 1. The molecule has 0 unspecified atom stereocenters. The summed E-state index contributed by atoms with van der Waals surface area (Å²) in [6.07, 6.45) is 1.01. The number of hydrogen-bond acceptors (Lipinski definition) is 3. The molecule has 1 aromatic heterocycles. The summed E-state index contributed by atoms with van der Waals surface area (Å²) in [5.41, 5.74) is 8.53. The second kappa shape index (κ2) is 5.31. The highest BCUT2D eigenvalue weighted by Crippen LogP contribution is 2.26. The van der Waals surface area contributed by atoms with Crippen molar-refractivity contribution < 1.29 is 0 Å². The van der Waals surface area contributed by atoms with E-state index in [4.69, 9.17) is 17.3 Å². The first-order valence-corrected chi connectivity index (χ1v) is 6.35. The van der Waals surface area contributed by atoms with Gasteiger partial charge in [-0.1, -0.05) is 18.5 Å². The van der Waals surface area contributed by atoms with Crippen LogP contribution in [0, 0.1) is 6.92 Å². The van der Waals surface area contributed by atoms with Gasteiger partial charge in [-0.05, 0) is 37.6 Å². The molecule has 2 rings (SSSR count). The lowest BCUT2D eigenvalue weighted by atomic mass is 10.3. The van der Waals surface area contributed by atoms with E-state index in [9.17, 15) is 0 Å². The Hall–Kier alpha value is -1.68. The van der Waals surface area contributed by atoms with E-state index < -0.39 is 0 Å². The van der Waals surface area contributed by atoms with Crippen LogP contribution in [0.4, 0.5) is 17.2 Å². The molecule has 0 atom stereocenters. The number of aryl methyl sites for hydroxylation is 2.